The second-order valence-corrected chi connectivity index (χ2v) is 6.48. The summed E-state index contributed by atoms with van der Waals surface area (Å²) < 4.78 is 10.9. The van der Waals surface area contributed by atoms with Crippen LogP contribution >= 0.6 is 0 Å². The fourth-order valence-electron chi connectivity index (χ4n) is 2.97. The molecule has 3 rings (SSSR count). The SMILES string of the molecule is CO[C@@H]1CN(c2ccnc(N(C)C)n2)C[C@@H]1NC(=O)Cc1cnc(C)o1. The van der Waals surface area contributed by atoms with Crippen molar-refractivity contribution in [3.63, 3.8) is 0 Å². The van der Waals surface area contributed by atoms with Crippen LogP contribution in [0, 0.1) is 6.92 Å². The maximum absolute atomic E-state index is 12.3. The number of carbonyl (C=O) groups excluding carboxylic acids is 1. The van der Waals surface area contributed by atoms with E-state index in [1.807, 2.05) is 25.1 Å². The molecule has 0 unspecified atom stereocenters. The van der Waals surface area contributed by atoms with E-state index >= 15 is 0 Å². The molecule has 0 radical (unpaired) electrons. The van der Waals surface area contributed by atoms with Crippen molar-refractivity contribution in [3.8, 4) is 0 Å². The van der Waals surface area contributed by atoms with E-state index in [0.29, 0.717) is 30.7 Å². The van der Waals surface area contributed by atoms with Crippen molar-refractivity contribution < 1.29 is 13.9 Å². The van der Waals surface area contributed by atoms with Crippen LogP contribution in [0.4, 0.5) is 11.8 Å². The van der Waals surface area contributed by atoms with Crippen LogP contribution in [0.25, 0.3) is 0 Å². The third-order valence-corrected chi connectivity index (χ3v) is 4.27. The number of anilines is 2. The summed E-state index contributed by atoms with van der Waals surface area (Å²) in [4.78, 5) is 29.1. The lowest BCUT2D eigenvalue weighted by atomic mass is 10.2. The first-order chi connectivity index (χ1) is 12.5. The molecule has 9 nitrogen and oxygen atoms in total. The summed E-state index contributed by atoms with van der Waals surface area (Å²) in [5, 5.41) is 3.03. The Balaban J connectivity index is 1.65. The zero-order valence-electron chi connectivity index (χ0n) is 15.5. The maximum atomic E-state index is 12.3. The Morgan fingerprint density at radius 2 is 2.23 bits per heavy atom. The third-order valence-electron chi connectivity index (χ3n) is 4.27. The Morgan fingerprint density at radius 3 is 2.88 bits per heavy atom. The van der Waals surface area contributed by atoms with Crippen LogP contribution in [0.15, 0.2) is 22.9 Å². The average Bonchev–Trinajstić information content (AvgIpc) is 3.20. The zero-order valence-corrected chi connectivity index (χ0v) is 15.5. The van der Waals surface area contributed by atoms with Gasteiger partial charge in [-0.1, -0.05) is 0 Å². The van der Waals surface area contributed by atoms with Gasteiger partial charge in [0.2, 0.25) is 11.9 Å². The van der Waals surface area contributed by atoms with Crippen molar-refractivity contribution in [1.82, 2.24) is 20.3 Å². The number of nitrogens with one attached hydrogen (secondary N) is 1. The third kappa shape index (κ3) is 4.10. The summed E-state index contributed by atoms with van der Waals surface area (Å²) in [6.07, 6.45) is 3.35. The van der Waals surface area contributed by atoms with Crippen molar-refractivity contribution in [2.24, 2.45) is 0 Å². The minimum Gasteiger partial charge on any atom is -0.446 e. The Hall–Kier alpha value is -2.68. The predicted octanol–water partition coefficient (Wildman–Crippen LogP) is 0.402. The number of carbonyl (C=O) groups is 1. The van der Waals surface area contributed by atoms with Gasteiger partial charge in [0.05, 0.1) is 24.8 Å². The Labute approximate surface area is 152 Å². The van der Waals surface area contributed by atoms with Gasteiger partial charge >= 0.3 is 0 Å². The number of aromatic nitrogens is 3. The number of rotatable bonds is 6. The van der Waals surface area contributed by atoms with Crippen LogP contribution < -0.4 is 15.1 Å². The van der Waals surface area contributed by atoms with Crippen LogP contribution in [0.1, 0.15) is 11.7 Å². The molecule has 2 aromatic heterocycles. The molecular formula is C17H24N6O3. The van der Waals surface area contributed by atoms with E-state index in [4.69, 9.17) is 9.15 Å². The standard InChI is InChI=1S/C17H24N6O3/c1-11-19-8-12(26-11)7-16(24)20-13-9-23(10-14(13)25-4)15-5-6-18-17(21-15)22(2)3/h5-6,8,13-14H,7,9-10H2,1-4H3,(H,20,24)/t13-,14+/m0/s1. The summed E-state index contributed by atoms with van der Waals surface area (Å²) in [7, 11) is 5.45. The van der Waals surface area contributed by atoms with Gasteiger partial charge in [-0.25, -0.2) is 9.97 Å². The normalized spacial score (nSPS) is 19.6. The fourth-order valence-corrected chi connectivity index (χ4v) is 2.97. The molecule has 0 bridgehead atoms. The van der Waals surface area contributed by atoms with E-state index in [-0.39, 0.29) is 24.5 Å². The number of oxazole rings is 1. The zero-order chi connectivity index (χ0) is 18.7. The fraction of sp³-hybridized carbons (Fsp3) is 0.529. The van der Waals surface area contributed by atoms with Gasteiger partial charge in [-0.3, -0.25) is 4.79 Å². The highest BCUT2D eigenvalue weighted by molar-refractivity contribution is 5.78. The molecule has 2 aromatic rings. The van der Waals surface area contributed by atoms with Crippen LogP contribution in [0.5, 0.6) is 0 Å². The first kappa shape index (κ1) is 18.1. The maximum Gasteiger partial charge on any atom is 0.228 e. The molecule has 1 amide bonds. The molecule has 0 aromatic carbocycles. The number of hydrogen-bond acceptors (Lipinski definition) is 8. The minimum absolute atomic E-state index is 0.117. The first-order valence-corrected chi connectivity index (χ1v) is 8.45. The summed E-state index contributed by atoms with van der Waals surface area (Å²) in [5.41, 5.74) is 0. The topological polar surface area (TPSA) is 96.6 Å². The lowest BCUT2D eigenvalue weighted by Crippen LogP contribution is -2.44. The highest BCUT2D eigenvalue weighted by Gasteiger charge is 2.35. The molecule has 0 aliphatic carbocycles. The summed E-state index contributed by atoms with van der Waals surface area (Å²) in [5.74, 6) is 2.44. The number of amides is 1. The number of nitrogens with zero attached hydrogens (tertiary/aromatic N) is 5. The number of ether oxygens (including phenoxy) is 1. The summed E-state index contributed by atoms with van der Waals surface area (Å²) >= 11 is 0. The Morgan fingerprint density at radius 1 is 1.42 bits per heavy atom. The summed E-state index contributed by atoms with van der Waals surface area (Å²) in [6.45, 7) is 3.01. The Kier molecular flexibility index (Phi) is 5.36. The average molecular weight is 360 g/mol. The van der Waals surface area contributed by atoms with Gasteiger partial charge in [-0.2, -0.15) is 4.98 Å². The van der Waals surface area contributed by atoms with E-state index < -0.39 is 0 Å². The molecular weight excluding hydrogens is 336 g/mol. The van der Waals surface area contributed by atoms with Crippen molar-refractivity contribution >= 4 is 17.7 Å². The number of hydrogen-bond donors (Lipinski definition) is 1. The van der Waals surface area contributed by atoms with Crippen LogP contribution in [-0.2, 0) is 16.0 Å². The highest BCUT2D eigenvalue weighted by atomic mass is 16.5. The van der Waals surface area contributed by atoms with Gasteiger partial charge < -0.3 is 24.3 Å². The molecule has 1 saturated heterocycles. The number of aryl methyl sites for hydroxylation is 1. The van der Waals surface area contributed by atoms with Gasteiger partial charge in [0, 0.05) is 47.4 Å². The van der Waals surface area contributed by atoms with Gasteiger partial charge in [-0.05, 0) is 6.07 Å². The van der Waals surface area contributed by atoms with Crippen LogP contribution in [-0.4, -0.2) is 67.3 Å². The van der Waals surface area contributed by atoms with Gasteiger partial charge in [-0.15, -0.1) is 0 Å². The first-order valence-electron chi connectivity index (χ1n) is 8.45. The van der Waals surface area contributed by atoms with Crippen molar-refractivity contribution in [1.29, 1.82) is 0 Å². The molecule has 140 valence electrons. The van der Waals surface area contributed by atoms with Crippen molar-refractivity contribution in [2.75, 3.05) is 44.1 Å². The lowest BCUT2D eigenvalue weighted by Gasteiger charge is -2.19. The van der Waals surface area contributed by atoms with Crippen molar-refractivity contribution in [2.45, 2.75) is 25.5 Å². The number of methoxy groups -OCH3 is 1. The smallest absolute Gasteiger partial charge is 0.228 e. The second kappa shape index (κ2) is 7.69. The molecule has 1 N–H and O–H groups in total. The van der Waals surface area contributed by atoms with Gasteiger partial charge in [0.15, 0.2) is 5.89 Å². The molecule has 0 saturated carbocycles. The quantitative estimate of drug-likeness (QED) is 0.791. The van der Waals surface area contributed by atoms with Gasteiger partial charge in [0.1, 0.15) is 11.6 Å². The van der Waals surface area contributed by atoms with E-state index in [1.54, 1.807) is 26.4 Å². The lowest BCUT2D eigenvalue weighted by molar-refractivity contribution is -0.122. The second-order valence-electron chi connectivity index (χ2n) is 6.48. The molecule has 1 aliphatic heterocycles. The van der Waals surface area contributed by atoms with Crippen LogP contribution in [0.2, 0.25) is 0 Å². The monoisotopic (exact) mass is 360 g/mol. The minimum atomic E-state index is -0.130. The molecule has 1 aliphatic rings. The molecule has 2 atom stereocenters. The van der Waals surface area contributed by atoms with Gasteiger partial charge in [0.25, 0.3) is 0 Å². The van der Waals surface area contributed by atoms with Crippen LogP contribution in [0.3, 0.4) is 0 Å². The van der Waals surface area contributed by atoms with E-state index in [2.05, 4.69) is 25.2 Å². The van der Waals surface area contributed by atoms with E-state index in [0.717, 1.165) is 5.82 Å². The van der Waals surface area contributed by atoms with E-state index in [9.17, 15) is 4.79 Å². The van der Waals surface area contributed by atoms with Crippen molar-refractivity contribution in [3.05, 3.63) is 30.1 Å². The summed E-state index contributed by atoms with van der Waals surface area (Å²) in [6, 6.07) is 1.73. The molecule has 0 spiro atoms. The molecule has 9 heteroatoms. The molecule has 3 heterocycles. The molecule has 26 heavy (non-hydrogen) atoms. The predicted molar refractivity (Wildman–Crippen MR) is 96.2 cm³/mol. The molecule has 1 fully saturated rings. The Bertz CT molecular complexity index is 762. The van der Waals surface area contributed by atoms with E-state index in [1.165, 1.54) is 0 Å². The largest absolute Gasteiger partial charge is 0.446 e. The highest BCUT2D eigenvalue weighted by Crippen LogP contribution is 2.21.